The standard InChI is InChI=1S/C30H45N2O10P/c1-8-11-12-13-17-31-30(35)32-24-14-15-25(27(19-24)39-22(6)33)41-29-21(5)20(4)28(40-23(7)34)26(42-29)16-18-43(36,37-9-2)38-10-3/h1,14-15,19-21,26,28-29H,9-13,16-18H2,2-7H3,(H2,31,32,35)/t20-,21+,26-,28+,29+/m1/s1. The van der Waals surface area contributed by atoms with Gasteiger partial charge in [-0.15, -0.1) is 12.3 Å². The van der Waals surface area contributed by atoms with Crippen molar-refractivity contribution in [2.75, 3.05) is 31.2 Å². The highest BCUT2D eigenvalue weighted by atomic mass is 31.2. The van der Waals surface area contributed by atoms with Crippen LogP contribution < -0.4 is 20.1 Å². The minimum atomic E-state index is -3.39. The number of carbonyl (C=O) groups excluding carboxylic acids is 3. The molecule has 1 heterocycles. The molecular formula is C30H45N2O10P. The Morgan fingerprint density at radius 3 is 2.33 bits per heavy atom. The van der Waals surface area contributed by atoms with Crippen molar-refractivity contribution in [3.8, 4) is 23.8 Å². The number of hydrogen-bond acceptors (Lipinski definition) is 10. The molecule has 1 aromatic carbocycles. The third kappa shape index (κ3) is 11.8. The van der Waals surface area contributed by atoms with Crippen LogP contribution in [0.4, 0.5) is 10.5 Å². The van der Waals surface area contributed by atoms with E-state index in [2.05, 4.69) is 16.6 Å². The van der Waals surface area contributed by atoms with Crippen molar-refractivity contribution in [1.29, 1.82) is 0 Å². The second-order valence-electron chi connectivity index (χ2n) is 10.2. The van der Waals surface area contributed by atoms with E-state index in [1.807, 2.05) is 13.8 Å². The fourth-order valence-corrected chi connectivity index (χ4v) is 6.31. The first-order valence-electron chi connectivity index (χ1n) is 14.6. The van der Waals surface area contributed by atoms with Gasteiger partial charge in [-0.05, 0) is 45.2 Å². The summed E-state index contributed by atoms with van der Waals surface area (Å²) in [5.41, 5.74) is 0.381. The summed E-state index contributed by atoms with van der Waals surface area (Å²) >= 11 is 0. The summed E-state index contributed by atoms with van der Waals surface area (Å²) in [5, 5.41) is 5.46. The van der Waals surface area contributed by atoms with Gasteiger partial charge in [-0.25, -0.2) is 4.79 Å². The molecule has 240 valence electrons. The lowest BCUT2D eigenvalue weighted by atomic mass is 9.83. The van der Waals surface area contributed by atoms with E-state index >= 15 is 0 Å². The van der Waals surface area contributed by atoms with Gasteiger partial charge in [-0.2, -0.15) is 0 Å². The second-order valence-corrected chi connectivity index (χ2v) is 12.4. The van der Waals surface area contributed by atoms with Crippen LogP contribution in [0.2, 0.25) is 0 Å². The van der Waals surface area contributed by atoms with Crippen LogP contribution >= 0.6 is 7.60 Å². The maximum Gasteiger partial charge on any atom is 0.330 e. The molecule has 5 atom stereocenters. The van der Waals surface area contributed by atoms with Gasteiger partial charge in [0.15, 0.2) is 11.5 Å². The summed E-state index contributed by atoms with van der Waals surface area (Å²) in [6, 6.07) is 4.23. The van der Waals surface area contributed by atoms with Gasteiger partial charge in [0, 0.05) is 50.4 Å². The normalized spacial score (nSPS) is 21.7. The van der Waals surface area contributed by atoms with Gasteiger partial charge >= 0.3 is 25.6 Å². The minimum Gasteiger partial charge on any atom is -0.461 e. The van der Waals surface area contributed by atoms with E-state index in [-0.39, 0.29) is 49.1 Å². The van der Waals surface area contributed by atoms with E-state index in [0.717, 1.165) is 12.8 Å². The monoisotopic (exact) mass is 624 g/mol. The maximum atomic E-state index is 13.1. The fourth-order valence-electron chi connectivity index (χ4n) is 4.62. The summed E-state index contributed by atoms with van der Waals surface area (Å²) in [6.07, 6.45) is 5.55. The molecule has 1 saturated heterocycles. The van der Waals surface area contributed by atoms with Crippen molar-refractivity contribution in [3.05, 3.63) is 18.2 Å². The van der Waals surface area contributed by atoms with Gasteiger partial charge in [-0.3, -0.25) is 14.2 Å². The first-order valence-corrected chi connectivity index (χ1v) is 16.3. The molecular weight excluding hydrogens is 579 g/mol. The van der Waals surface area contributed by atoms with E-state index in [4.69, 9.17) is 34.4 Å². The Morgan fingerprint density at radius 2 is 1.72 bits per heavy atom. The van der Waals surface area contributed by atoms with E-state index in [0.29, 0.717) is 18.7 Å². The van der Waals surface area contributed by atoms with Crippen molar-refractivity contribution >= 4 is 31.3 Å². The van der Waals surface area contributed by atoms with Crippen molar-refractivity contribution in [3.63, 3.8) is 0 Å². The highest BCUT2D eigenvalue weighted by Gasteiger charge is 2.45. The average Bonchev–Trinajstić information content (AvgIpc) is 2.93. The van der Waals surface area contributed by atoms with Gasteiger partial charge in [0.25, 0.3) is 0 Å². The summed E-state index contributed by atoms with van der Waals surface area (Å²) in [6.45, 7) is 10.7. The van der Waals surface area contributed by atoms with Crippen LogP contribution in [0.1, 0.15) is 67.2 Å². The van der Waals surface area contributed by atoms with E-state index < -0.39 is 44.1 Å². The van der Waals surface area contributed by atoms with Crippen molar-refractivity contribution in [2.24, 2.45) is 11.8 Å². The quantitative estimate of drug-likeness (QED) is 0.0794. The van der Waals surface area contributed by atoms with Crippen LogP contribution in [-0.4, -0.2) is 62.4 Å². The highest BCUT2D eigenvalue weighted by molar-refractivity contribution is 7.53. The topological polar surface area (TPSA) is 148 Å². The number of unbranched alkanes of at least 4 members (excludes halogenated alkanes) is 2. The molecule has 43 heavy (non-hydrogen) atoms. The molecule has 12 nitrogen and oxygen atoms in total. The Kier molecular flexibility index (Phi) is 15.0. The summed E-state index contributed by atoms with van der Waals surface area (Å²) in [7, 11) is -3.39. The number of terminal acetylenes is 1. The molecule has 2 amide bonds. The summed E-state index contributed by atoms with van der Waals surface area (Å²) in [5.74, 6) is 1.32. The number of benzene rings is 1. The molecule has 0 bridgehead atoms. The van der Waals surface area contributed by atoms with Crippen LogP contribution in [0.3, 0.4) is 0 Å². The largest absolute Gasteiger partial charge is 0.461 e. The molecule has 0 spiro atoms. The number of amides is 2. The molecule has 2 rings (SSSR count). The SMILES string of the molecule is C#CCCCCNC(=O)Nc1ccc(O[C@H]2O[C@H](CCP(=O)(OCC)OCC)[C@@H](OC(C)=O)[C@H](C)[C@@H]2C)c(OC(C)=O)c1. The second kappa shape index (κ2) is 17.9. The molecule has 0 unspecified atom stereocenters. The van der Waals surface area contributed by atoms with Crippen molar-refractivity contribution in [1.82, 2.24) is 5.32 Å². The summed E-state index contributed by atoms with van der Waals surface area (Å²) in [4.78, 5) is 36.2. The molecule has 13 heteroatoms. The lowest BCUT2D eigenvalue weighted by Gasteiger charge is -2.44. The number of rotatable bonds is 16. The van der Waals surface area contributed by atoms with E-state index in [1.165, 1.54) is 19.9 Å². The maximum absolute atomic E-state index is 13.1. The van der Waals surface area contributed by atoms with Gasteiger partial charge in [0.05, 0.1) is 25.5 Å². The molecule has 0 saturated carbocycles. The van der Waals surface area contributed by atoms with Crippen LogP contribution in [0.15, 0.2) is 18.2 Å². The Hall–Kier alpha value is -3.10. The molecule has 1 aliphatic rings. The fraction of sp³-hybridized carbons (Fsp3) is 0.633. The Bertz CT molecular complexity index is 1160. The number of anilines is 1. The van der Waals surface area contributed by atoms with Crippen LogP contribution in [0, 0.1) is 24.2 Å². The first kappa shape index (κ1) is 36.1. The number of esters is 2. The highest BCUT2D eigenvalue weighted by Crippen LogP contribution is 2.50. The molecule has 0 aromatic heterocycles. The Morgan fingerprint density at radius 1 is 1.02 bits per heavy atom. The number of carbonyl (C=O) groups is 3. The number of ether oxygens (including phenoxy) is 4. The smallest absolute Gasteiger partial charge is 0.330 e. The molecule has 0 aliphatic carbocycles. The van der Waals surface area contributed by atoms with Crippen LogP contribution in [0.25, 0.3) is 0 Å². The van der Waals surface area contributed by atoms with Gasteiger partial charge < -0.3 is 38.6 Å². The average molecular weight is 625 g/mol. The van der Waals surface area contributed by atoms with Crippen molar-refractivity contribution < 1.29 is 46.9 Å². The summed E-state index contributed by atoms with van der Waals surface area (Å²) < 4.78 is 47.5. The Balaban J connectivity index is 2.23. The van der Waals surface area contributed by atoms with Crippen LogP contribution in [0.5, 0.6) is 11.5 Å². The number of urea groups is 1. The van der Waals surface area contributed by atoms with E-state index in [9.17, 15) is 18.9 Å². The molecule has 2 N–H and O–H groups in total. The zero-order chi connectivity index (χ0) is 32.0. The Labute approximate surface area is 254 Å². The van der Waals surface area contributed by atoms with Gasteiger partial charge in [0.2, 0.25) is 6.29 Å². The van der Waals surface area contributed by atoms with Crippen LogP contribution in [-0.2, 0) is 32.7 Å². The zero-order valence-corrected chi connectivity index (χ0v) is 26.8. The predicted molar refractivity (Wildman–Crippen MR) is 161 cm³/mol. The van der Waals surface area contributed by atoms with Crippen molar-refractivity contribution in [2.45, 2.75) is 85.7 Å². The van der Waals surface area contributed by atoms with E-state index in [1.54, 1.807) is 26.0 Å². The lowest BCUT2D eigenvalue weighted by Crippen LogP contribution is -2.53. The molecule has 1 fully saturated rings. The number of hydrogen-bond donors (Lipinski definition) is 2. The molecule has 1 aromatic rings. The molecule has 1 aliphatic heterocycles. The zero-order valence-electron chi connectivity index (χ0n) is 25.9. The lowest BCUT2D eigenvalue weighted by molar-refractivity contribution is -0.239. The third-order valence-electron chi connectivity index (χ3n) is 6.83. The molecule has 0 radical (unpaired) electrons. The minimum absolute atomic E-state index is 0.0516. The predicted octanol–water partition coefficient (Wildman–Crippen LogP) is 5.50. The first-order chi connectivity index (χ1) is 20.4. The third-order valence-corrected chi connectivity index (χ3v) is 8.93. The number of nitrogens with one attached hydrogen (secondary N) is 2. The van der Waals surface area contributed by atoms with Gasteiger partial charge in [-0.1, -0.05) is 13.8 Å². The van der Waals surface area contributed by atoms with Gasteiger partial charge in [0.1, 0.15) is 6.10 Å².